The smallest absolute Gasteiger partial charge is 0.174 e. The second-order valence-electron chi connectivity index (χ2n) is 6.64. The summed E-state index contributed by atoms with van der Waals surface area (Å²) in [4.78, 5) is 2.27. The molecular weight excluding hydrogens is 278 g/mol. The molecule has 2 rings (SSSR count). The molecule has 1 aliphatic heterocycles. The van der Waals surface area contributed by atoms with Crippen molar-refractivity contribution < 1.29 is 9.47 Å². The minimum Gasteiger partial charge on any atom is -0.477 e. The Balaban J connectivity index is 2.16. The predicted molar refractivity (Wildman–Crippen MR) is 88.5 cm³/mol. The molecular formula is C17H25N3O2. The van der Waals surface area contributed by atoms with Crippen LogP contribution in [0, 0.1) is 16.7 Å². The first-order valence-corrected chi connectivity index (χ1v) is 7.70. The van der Waals surface area contributed by atoms with Gasteiger partial charge in [0, 0.05) is 31.4 Å². The second-order valence-corrected chi connectivity index (χ2v) is 6.64. The Morgan fingerprint density at radius 3 is 2.68 bits per heavy atom. The van der Waals surface area contributed by atoms with Gasteiger partial charge in [0.05, 0.1) is 18.9 Å². The van der Waals surface area contributed by atoms with Crippen LogP contribution in [-0.4, -0.2) is 39.5 Å². The molecule has 0 bridgehead atoms. The number of ether oxygens (including phenoxy) is 2. The zero-order valence-electron chi connectivity index (χ0n) is 13.7. The summed E-state index contributed by atoms with van der Waals surface area (Å²) in [5.41, 5.74) is 2.22. The molecule has 1 aromatic rings. The fourth-order valence-electron chi connectivity index (χ4n) is 2.27. The van der Waals surface area contributed by atoms with E-state index in [9.17, 15) is 0 Å². The first kappa shape index (κ1) is 16.4. The average Bonchev–Trinajstić information content (AvgIpc) is 2.51. The van der Waals surface area contributed by atoms with E-state index >= 15 is 0 Å². The molecule has 1 fully saturated rings. The van der Waals surface area contributed by atoms with E-state index < -0.39 is 0 Å². The molecule has 1 saturated heterocycles. The largest absolute Gasteiger partial charge is 0.477 e. The van der Waals surface area contributed by atoms with Crippen molar-refractivity contribution in [2.75, 3.05) is 49.7 Å². The van der Waals surface area contributed by atoms with Gasteiger partial charge < -0.3 is 19.7 Å². The van der Waals surface area contributed by atoms with Crippen molar-refractivity contribution in [2.45, 2.75) is 20.8 Å². The highest BCUT2D eigenvalue weighted by atomic mass is 16.5. The molecule has 0 atom stereocenters. The molecule has 0 unspecified atom stereocenters. The van der Waals surface area contributed by atoms with Gasteiger partial charge in [-0.3, -0.25) is 0 Å². The Morgan fingerprint density at radius 2 is 2.05 bits per heavy atom. The lowest BCUT2D eigenvalue weighted by Gasteiger charge is -2.29. The third kappa shape index (κ3) is 4.81. The summed E-state index contributed by atoms with van der Waals surface area (Å²) in [6.07, 6.45) is 0. The zero-order chi connectivity index (χ0) is 16.0. The Labute approximate surface area is 132 Å². The lowest BCUT2D eigenvalue weighted by atomic mass is 9.97. The molecule has 1 aliphatic rings. The Morgan fingerprint density at radius 1 is 1.32 bits per heavy atom. The van der Waals surface area contributed by atoms with Crippen LogP contribution >= 0.6 is 0 Å². The highest BCUT2D eigenvalue weighted by molar-refractivity contribution is 5.65. The van der Waals surface area contributed by atoms with Crippen molar-refractivity contribution in [2.24, 2.45) is 5.41 Å². The summed E-state index contributed by atoms with van der Waals surface area (Å²) in [7, 11) is 0. The summed E-state index contributed by atoms with van der Waals surface area (Å²) >= 11 is 0. The standard InChI is InChI=1S/C17H25N3O2/c1-17(2,3)13-19-15-5-4-14(12-16(15)22-9-6-18)20-7-10-21-11-8-20/h4-5,12,19H,7-11,13H2,1-3H3. The van der Waals surface area contributed by atoms with Crippen molar-refractivity contribution in [3.63, 3.8) is 0 Å². The van der Waals surface area contributed by atoms with Gasteiger partial charge in [-0.05, 0) is 17.5 Å². The lowest BCUT2D eigenvalue weighted by molar-refractivity contribution is 0.122. The van der Waals surface area contributed by atoms with Gasteiger partial charge in [-0.2, -0.15) is 5.26 Å². The molecule has 0 aromatic heterocycles. The SMILES string of the molecule is CC(C)(C)CNc1ccc(N2CCOCC2)cc1OCC#N. The molecule has 0 amide bonds. The number of nitrogens with one attached hydrogen (secondary N) is 1. The van der Waals surface area contributed by atoms with Crippen molar-refractivity contribution in [1.29, 1.82) is 5.26 Å². The third-order valence-corrected chi connectivity index (χ3v) is 3.44. The van der Waals surface area contributed by atoms with Crippen LogP contribution in [0.2, 0.25) is 0 Å². The van der Waals surface area contributed by atoms with Gasteiger partial charge in [0.2, 0.25) is 0 Å². The first-order valence-electron chi connectivity index (χ1n) is 7.70. The van der Waals surface area contributed by atoms with E-state index in [1.807, 2.05) is 18.2 Å². The molecule has 1 heterocycles. The molecule has 0 saturated carbocycles. The number of morpholine rings is 1. The van der Waals surface area contributed by atoms with Crippen molar-refractivity contribution in [1.82, 2.24) is 0 Å². The van der Waals surface area contributed by atoms with Crippen LogP contribution in [0.25, 0.3) is 0 Å². The minimum absolute atomic E-state index is 0.0523. The van der Waals surface area contributed by atoms with E-state index in [0.29, 0.717) is 0 Å². The Bertz CT molecular complexity index is 526. The number of hydrogen-bond acceptors (Lipinski definition) is 5. The number of anilines is 2. The van der Waals surface area contributed by atoms with Crippen LogP contribution in [0.1, 0.15) is 20.8 Å². The van der Waals surface area contributed by atoms with E-state index in [0.717, 1.165) is 50.0 Å². The van der Waals surface area contributed by atoms with Gasteiger partial charge in [-0.25, -0.2) is 0 Å². The summed E-state index contributed by atoms with van der Waals surface area (Å²) in [6, 6.07) is 8.16. The maximum absolute atomic E-state index is 8.77. The van der Waals surface area contributed by atoms with Crippen molar-refractivity contribution >= 4 is 11.4 Å². The van der Waals surface area contributed by atoms with Crippen LogP contribution in [0.4, 0.5) is 11.4 Å². The second kappa shape index (κ2) is 7.37. The van der Waals surface area contributed by atoms with E-state index in [1.54, 1.807) is 0 Å². The van der Waals surface area contributed by atoms with Gasteiger partial charge in [-0.15, -0.1) is 0 Å². The Hall–Kier alpha value is -1.93. The molecule has 5 heteroatoms. The normalized spacial score (nSPS) is 15.3. The van der Waals surface area contributed by atoms with Crippen LogP contribution < -0.4 is 15.0 Å². The molecule has 0 radical (unpaired) electrons. The van der Waals surface area contributed by atoms with E-state index in [4.69, 9.17) is 14.7 Å². The molecule has 22 heavy (non-hydrogen) atoms. The van der Waals surface area contributed by atoms with Crippen molar-refractivity contribution in [3.8, 4) is 11.8 Å². The molecule has 1 aromatic carbocycles. The highest BCUT2D eigenvalue weighted by Gasteiger charge is 2.15. The topological polar surface area (TPSA) is 57.5 Å². The summed E-state index contributed by atoms with van der Waals surface area (Å²) in [5, 5.41) is 12.2. The Kier molecular flexibility index (Phi) is 5.51. The monoisotopic (exact) mass is 303 g/mol. The number of nitriles is 1. The number of rotatable bonds is 5. The van der Waals surface area contributed by atoms with E-state index in [1.165, 1.54) is 0 Å². The molecule has 1 N–H and O–H groups in total. The number of benzene rings is 1. The molecule has 0 spiro atoms. The minimum atomic E-state index is 0.0523. The summed E-state index contributed by atoms with van der Waals surface area (Å²) in [6.45, 7) is 10.7. The van der Waals surface area contributed by atoms with Gasteiger partial charge in [-0.1, -0.05) is 20.8 Å². The van der Waals surface area contributed by atoms with Gasteiger partial charge in [0.15, 0.2) is 6.61 Å². The van der Waals surface area contributed by atoms with E-state index in [-0.39, 0.29) is 12.0 Å². The van der Waals surface area contributed by atoms with Gasteiger partial charge in [0.25, 0.3) is 0 Å². The average molecular weight is 303 g/mol. The number of nitrogens with zero attached hydrogens (tertiary/aromatic N) is 2. The van der Waals surface area contributed by atoms with Crippen LogP contribution in [-0.2, 0) is 4.74 Å². The van der Waals surface area contributed by atoms with Crippen LogP contribution in [0.5, 0.6) is 5.75 Å². The zero-order valence-corrected chi connectivity index (χ0v) is 13.7. The predicted octanol–water partition coefficient (Wildman–Crippen LogP) is 2.88. The molecule has 0 aliphatic carbocycles. The van der Waals surface area contributed by atoms with Gasteiger partial charge in [0.1, 0.15) is 11.8 Å². The lowest BCUT2D eigenvalue weighted by Crippen LogP contribution is -2.36. The third-order valence-electron chi connectivity index (χ3n) is 3.44. The van der Waals surface area contributed by atoms with Gasteiger partial charge >= 0.3 is 0 Å². The molecule has 120 valence electrons. The maximum atomic E-state index is 8.77. The fraction of sp³-hybridized carbons (Fsp3) is 0.588. The van der Waals surface area contributed by atoms with Crippen LogP contribution in [0.15, 0.2) is 18.2 Å². The first-order chi connectivity index (χ1) is 10.5. The molecule has 5 nitrogen and oxygen atoms in total. The maximum Gasteiger partial charge on any atom is 0.174 e. The summed E-state index contributed by atoms with van der Waals surface area (Å²) < 4.78 is 11.0. The quantitative estimate of drug-likeness (QED) is 0.906. The fourth-order valence-corrected chi connectivity index (χ4v) is 2.27. The van der Waals surface area contributed by atoms with E-state index in [2.05, 4.69) is 37.1 Å². The highest BCUT2D eigenvalue weighted by Crippen LogP contribution is 2.31. The summed E-state index contributed by atoms with van der Waals surface area (Å²) in [5.74, 6) is 0.731. The number of hydrogen-bond donors (Lipinski definition) is 1. The van der Waals surface area contributed by atoms with Crippen LogP contribution in [0.3, 0.4) is 0 Å². The van der Waals surface area contributed by atoms with Crippen molar-refractivity contribution in [3.05, 3.63) is 18.2 Å².